The number of para-hydroxylation sites is 1. The number of rotatable bonds is 7. The van der Waals surface area contributed by atoms with Gasteiger partial charge in [-0.25, -0.2) is 0 Å². The number of methoxy groups -OCH3 is 1. The summed E-state index contributed by atoms with van der Waals surface area (Å²) in [5.41, 5.74) is 2.38. The summed E-state index contributed by atoms with van der Waals surface area (Å²) in [5, 5.41) is 4.19. The molecule has 1 amide bonds. The van der Waals surface area contributed by atoms with Crippen molar-refractivity contribution in [1.82, 2.24) is 10.3 Å². The Hall–Kier alpha value is -1.81. The number of amides is 1. The monoisotopic (exact) mass is 274 g/mol. The third-order valence-corrected chi connectivity index (χ3v) is 3.57. The van der Waals surface area contributed by atoms with Gasteiger partial charge in [0, 0.05) is 37.2 Å². The minimum absolute atomic E-state index is 0.0914. The van der Waals surface area contributed by atoms with Crippen molar-refractivity contribution in [3.05, 3.63) is 36.0 Å². The van der Waals surface area contributed by atoms with Gasteiger partial charge < -0.3 is 15.0 Å². The van der Waals surface area contributed by atoms with Crippen LogP contribution in [0, 0.1) is 0 Å². The molecular weight excluding hydrogens is 252 g/mol. The highest BCUT2D eigenvalue weighted by Gasteiger charge is 2.06. The molecule has 1 aromatic carbocycles. The van der Waals surface area contributed by atoms with Gasteiger partial charge in [-0.15, -0.1) is 0 Å². The van der Waals surface area contributed by atoms with Gasteiger partial charge in [0.25, 0.3) is 0 Å². The van der Waals surface area contributed by atoms with Crippen LogP contribution >= 0.6 is 0 Å². The first-order valence-corrected chi connectivity index (χ1v) is 7.05. The molecule has 0 aliphatic heterocycles. The Morgan fingerprint density at radius 1 is 1.40 bits per heavy atom. The first-order valence-electron chi connectivity index (χ1n) is 7.05. The van der Waals surface area contributed by atoms with Gasteiger partial charge in [0.15, 0.2) is 0 Å². The number of aromatic amines is 1. The normalized spacial score (nSPS) is 12.5. The van der Waals surface area contributed by atoms with Gasteiger partial charge in [0.1, 0.15) is 0 Å². The topological polar surface area (TPSA) is 54.1 Å². The minimum Gasteiger partial charge on any atom is -0.382 e. The summed E-state index contributed by atoms with van der Waals surface area (Å²) in [6, 6.07) is 8.21. The van der Waals surface area contributed by atoms with E-state index in [4.69, 9.17) is 4.74 Å². The van der Waals surface area contributed by atoms with E-state index < -0.39 is 0 Å². The van der Waals surface area contributed by atoms with E-state index in [9.17, 15) is 4.79 Å². The zero-order chi connectivity index (χ0) is 14.4. The summed E-state index contributed by atoms with van der Waals surface area (Å²) >= 11 is 0. The molecule has 1 atom stereocenters. The number of hydrogen-bond donors (Lipinski definition) is 2. The number of carbonyl (C=O) groups is 1. The minimum atomic E-state index is 0.0914. The number of fused-ring (bicyclic) bond motifs is 1. The van der Waals surface area contributed by atoms with E-state index in [1.807, 2.05) is 25.3 Å². The lowest BCUT2D eigenvalue weighted by Gasteiger charge is -2.09. The maximum absolute atomic E-state index is 11.7. The van der Waals surface area contributed by atoms with Crippen molar-refractivity contribution in [3.63, 3.8) is 0 Å². The van der Waals surface area contributed by atoms with E-state index in [1.165, 1.54) is 10.9 Å². The molecule has 0 saturated heterocycles. The van der Waals surface area contributed by atoms with Crippen molar-refractivity contribution in [2.75, 3.05) is 13.7 Å². The SMILES string of the molecule is COC(C)CCC(=O)NCCc1c[nH]c2ccccc12. The molecule has 1 heterocycles. The van der Waals surface area contributed by atoms with Crippen LogP contribution in [0.15, 0.2) is 30.5 Å². The van der Waals surface area contributed by atoms with Crippen LogP contribution in [-0.4, -0.2) is 30.6 Å². The molecule has 0 bridgehead atoms. The molecule has 0 aliphatic rings. The third-order valence-electron chi connectivity index (χ3n) is 3.57. The molecular formula is C16H22N2O2. The van der Waals surface area contributed by atoms with Crippen molar-refractivity contribution in [1.29, 1.82) is 0 Å². The third kappa shape index (κ3) is 3.84. The van der Waals surface area contributed by atoms with E-state index >= 15 is 0 Å². The average molecular weight is 274 g/mol. The van der Waals surface area contributed by atoms with Crippen LogP contribution in [-0.2, 0) is 16.0 Å². The average Bonchev–Trinajstić information content (AvgIpc) is 2.88. The second-order valence-electron chi connectivity index (χ2n) is 5.04. The van der Waals surface area contributed by atoms with Crippen molar-refractivity contribution >= 4 is 16.8 Å². The van der Waals surface area contributed by atoms with Crippen molar-refractivity contribution < 1.29 is 9.53 Å². The summed E-state index contributed by atoms with van der Waals surface area (Å²) in [6.07, 6.45) is 4.27. The smallest absolute Gasteiger partial charge is 0.220 e. The number of ether oxygens (including phenoxy) is 1. The van der Waals surface area contributed by atoms with Crippen LogP contribution in [0.25, 0.3) is 10.9 Å². The highest BCUT2D eigenvalue weighted by Crippen LogP contribution is 2.17. The Bertz CT molecular complexity index is 562. The van der Waals surface area contributed by atoms with Crippen LogP contribution in [0.3, 0.4) is 0 Å². The Labute approximate surface area is 119 Å². The molecule has 0 saturated carbocycles. The van der Waals surface area contributed by atoms with E-state index in [0.29, 0.717) is 13.0 Å². The fraction of sp³-hybridized carbons (Fsp3) is 0.438. The molecule has 0 spiro atoms. The van der Waals surface area contributed by atoms with E-state index in [2.05, 4.69) is 22.4 Å². The lowest BCUT2D eigenvalue weighted by molar-refractivity contribution is -0.121. The lowest BCUT2D eigenvalue weighted by Crippen LogP contribution is -2.26. The van der Waals surface area contributed by atoms with E-state index in [1.54, 1.807) is 7.11 Å². The molecule has 0 fully saturated rings. The summed E-state index contributed by atoms with van der Waals surface area (Å²) in [4.78, 5) is 14.9. The summed E-state index contributed by atoms with van der Waals surface area (Å²) < 4.78 is 5.13. The van der Waals surface area contributed by atoms with Gasteiger partial charge in [-0.05, 0) is 31.4 Å². The Balaban J connectivity index is 1.77. The summed E-state index contributed by atoms with van der Waals surface area (Å²) in [6.45, 7) is 2.64. The molecule has 4 heteroatoms. The van der Waals surface area contributed by atoms with Gasteiger partial charge in [-0.2, -0.15) is 0 Å². The molecule has 2 rings (SSSR count). The van der Waals surface area contributed by atoms with Gasteiger partial charge in [-0.3, -0.25) is 4.79 Å². The molecule has 0 aliphatic carbocycles. The molecule has 20 heavy (non-hydrogen) atoms. The van der Waals surface area contributed by atoms with Crippen LogP contribution in [0.1, 0.15) is 25.3 Å². The molecule has 0 radical (unpaired) electrons. The molecule has 1 aromatic heterocycles. The number of benzene rings is 1. The number of nitrogens with one attached hydrogen (secondary N) is 2. The number of H-pyrrole nitrogens is 1. The van der Waals surface area contributed by atoms with Crippen molar-refractivity contribution in [3.8, 4) is 0 Å². The van der Waals surface area contributed by atoms with Gasteiger partial charge in [0.05, 0.1) is 6.10 Å². The predicted octanol–water partition coefficient (Wildman–Crippen LogP) is 2.64. The maximum atomic E-state index is 11.7. The standard InChI is InChI=1S/C16H22N2O2/c1-12(20-2)7-8-16(19)17-10-9-13-11-18-15-6-4-3-5-14(13)15/h3-6,11-12,18H,7-10H2,1-2H3,(H,17,19). The fourth-order valence-corrected chi connectivity index (χ4v) is 2.22. The maximum Gasteiger partial charge on any atom is 0.220 e. The van der Waals surface area contributed by atoms with Crippen molar-refractivity contribution in [2.45, 2.75) is 32.3 Å². The number of hydrogen-bond acceptors (Lipinski definition) is 2. The number of aromatic nitrogens is 1. The molecule has 4 nitrogen and oxygen atoms in total. The molecule has 2 aromatic rings. The first kappa shape index (κ1) is 14.6. The second-order valence-corrected chi connectivity index (χ2v) is 5.04. The van der Waals surface area contributed by atoms with Crippen LogP contribution in [0.5, 0.6) is 0 Å². The van der Waals surface area contributed by atoms with Gasteiger partial charge in [0.2, 0.25) is 5.91 Å². The van der Waals surface area contributed by atoms with Crippen LogP contribution in [0.4, 0.5) is 0 Å². The summed E-state index contributed by atoms with van der Waals surface area (Å²) in [7, 11) is 1.67. The van der Waals surface area contributed by atoms with E-state index in [-0.39, 0.29) is 12.0 Å². The Morgan fingerprint density at radius 2 is 2.20 bits per heavy atom. The van der Waals surface area contributed by atoms with Crippen LogP contribution < -0.4 is 5.32 Å². The highest BCUT2D eigenvalue weighted by atomic mass is 16.5. The Morgan fingerprint density at radius 3 is 3.00 bits per heavy atom. The van der Waals surface area contributed by atoms with Gasteiger partial charge >= 0.3 is 0 Å². The second kappa shape index (κ2) is 7.10. The van der Waals surface area contributed by atoms with Crippen LogP contribution in [0.2, 0.25) is 0 Å². The van der Waals surface area contributed by atoms with E-state index in [0.717, 1.165) is 18.4 Å². The number of carbonyl (C=O) groups excluding carboxylic acids is 1. The van der Waals surface area contributed by atoms with Crippen molar-refractivity contribution in [2.24, 2.45) is 0 Å². The molecule has 108 valence electrons. The van der Waals surface area contributed by atoms with Gasteiger partial charge in [-0.1, -0.05) is 18.2 Å². The molecule has 1 unspecified atom stereocenters. The zero-order valence-corrected chi connectivity index (χ0v) is 12.1. The predicted molar refractivity (Wildman–Crippen MR) is 80.7 cm³/mol. The molecule has 2 N–H and O–H groups in total. The highest BCUT2D eigenvalue weighted by molar-refractivity contribution is 5.83. The largest absolute Gasteiger partial charge is 0.382 e. The first-order chi connectivity index (χ1) is 9.70. The zero-order valence-electron chi connectivity index (χ0n) is 12.1. The lowest BCUT2D eigenvalue weighted by atomic mass is 10.1. The quantitative estimate of drug-likeness (QED) is 0.815. The fourth-order valence-electron chi connectivity index (χ4n) is 2.22. The Kier molecular flexibility index (Phi) is 5.18. The summed E-state index contributed by atoms with van der Waals surface area (Å²) in [5.74, 6) is 0.0914.